The number of rotatable bonds is 4. The first-order chi connectivity index (χ1) is 10.2. The first-order valence-corrected chi connectivity index (χ1v) is 7.21. The number of carbonyl (C=O) groups excluding carboxylic acids is 1. The fourth-order valence-electron chi connectivity index (χ4n) is 2.81. The summed E-state index contributed by atoms with van der Waals surface area (Å²) in [5, 5.41) is 2.36. The summed E-state index contributed by atoms with van der Waals surface area (Å²) in [6, 6.07) is 8.14. The maximum Gasteiger partial charge on any atom is 0.250 e. The van der Waals surface area contributed by atoms with Gasteiger partial charge in [-0.25, -0.2) is 5.06 Å². The van der Waals surface area contributed by atoms with Crippen LogP contribution in [0.2, 0.25) is 0 Å². The van der Waals surface area contributed by atoms with Gasteiger partial charge in [0.25, 0.3) is 0 Å². The average molecular weight is 288 g/mol. The molecule has 1 aromatic heterocycles. The molecule has 1 aliphatic heterocycles. The molecule has 1 atom stereocenters. The van der Waals surface area contributed by atoms with Crippen LogP contribution in [0.3, 0.4) is 0 Å². The van der Waals surface area contributed by atoms with Crippen LogP contribution in [-0.4, -0.2) is 36.3 Å². The van der Waals surface area contributed by atoms with Crippen LogP contribution < -0.4 is 0 Å². The second kappa shape index (κ2) is 5.87. The van der Waals surface area contributed by atoms with Gasteiger partial charge < -0.3 is 9.30 Å². The molecule has 5 nitrogen and oxygen atoms in total. The molecule has 2 heterocycles. The Bertz CT molecular complexity index is 644. The number of nitrogens with zero attached hydrogens (tertiary/aromatic N) is 2. The number of carbonyl (C=O) groups is 1. The van der Waals surface area contributed by atoms with Crippen molar-refractivity contribution in [3.05, 3.63) is 36.0 Å². The molecule has 1 amide bonds. The Morgan fingerprint density at radius 2 is 2.29 bits per heavy atom. The normalized spacial score (nSPS) is 18.3. The number of benzene rings is 1. The van der Waals surface area contributed by atoms with Crippen molar-refractivity contribution < 1.29 is 14.4 Å². The number of para-hydroxylation sites is 1. The van der Waals surface area contributed by atoms with E-state index in [9.17, 15) is 4.79 Å². The zero-order chi connectivity index (χ0) is 14.8. The number of aromatic nitrogens is 1. The van der Waals surface area contributed by atoms with Gasteiger partial charge in [0.05, 0.1) is 19.0 Å². The molecule has 1 fully saturated rings. The van der Waals surface area contributed by atoms with Gasteiger partial charge in [0, 0.05) is 25.2 Å². The van der Waals surface area contributed by atoms with E-state index in [1.54, 1.807) is 7.05 Å². The molecule has 3 rings (SSSR count). The predicted octanol–water partition coefficient (Wildman–Crippen LogP) is 2.51. The predicted molar refractivity (Wildman–Crippen MR) is 79.6 cm³/mol. The van der Waals surface area contributed by atoms with E-state index in [0.717, 1.165) is 35.9 Å². The van der Waals surface area contributed by atoms with Gasteiger partial charge in [-0.2, -0.15) is 0 Å². The molecule has 21 heavy (non-hydrogen) atoms. The average Bonchev–Trinajstić information content (AvgIpc) is 3.14. The van der Waals surface area contributed by atoms with Crippen LogP contribution in [0.25, 0.3) is 10.9 Å². The third-order valence-electron chi connectivity index (χ3n) is 4.01. The van der Waals surface area contributed by atoms with Crippen LogP contribution in [0, 0.1) is 0 Å². The molecule has 0 aliphatic carbocycles. The van der Waals surface area contributed by atoms with Crippen LogP contribution in [0.5, 0.6) is 0 Å². The van der Waals surface area contributed by atoms with Crippen molar-refractivity contribution in [1.29, 1.82) is 0 Å². The molecule has 1 saturated heterocycles. The van der Waals surface area contributed by atoms with E-state index in [1.807, 2.05) is 18.3 Å². The number of likely N-dealkylation sites (N-methyl/N-ethyl adjacent to an activating group) is 1. The number of hydrogen-bond acceptors (Lipinski definition) is 3. The fraction of sp³-hybridized carbons (Fsp3) is 0.438. The summed E-state index contributed by atoms with van der Waals surface area (Å²) in [7, 11) is 3.12. The highest BCUT2D eigenvalue weighted by atomic mass is 16.7. The van der Waals surface area contributed by atoms with E-state index in [4.69, 9.17) is 9.57 Å². The smallest absolute Gasteiger partial charge is 0.250 e. The molecule has 1 aliphatic rings. The van der Waals surface area contributed by atoms with Gasteiger partial charge in [-0.15, -0.1) is 0 Å². The Kier molecular flexibility index (Phi) is 3.94. The summed E-state index contributed by atoms with van der Waals surface area (Å²) >= 11 is 0. The van der Waals surface area contributed by atoms with Crippen molar-refractivity contribution in [2.24, 2.45) is 0 Å². The maximum absolute atomic E-state index is 12.1. The number of hydrogen-bond donors (Lipinski definition) is 0. The quantitative estimate of drug-likeness (QED) is 0.812. The number of fused-ring (bicyclic) bond motifs is 1. The second-order valence-electron chi connectivity index (χ2n) is 5.30. The Morgan fingerprint density at radius 3 is 3.00 bits per heavy atom. The first-order valence-electron chi connectivity index (χ1n) is 7.21. The minimum atomic E-state index is -0.0623. The van der Waals surface area contributed by atoms with E-state index in [1.165, 1.54) is 12.2 Å². The lowest BCUT2D eigenvalue weighted by molar-refractivity contribution is -0.167. The van der Waals surface area contributed by atoms with Crippen molar-refractivity contribution >= 4 is 16.8 Å². The zero-order valence-electron chi connectivity index (χ0n) is 12.4. The number of amides is 1. The van der Waals surface area contributed by atoms with E-state index < -0.39 is 0 Å². The number of hydroxylamine groups is 2. The van der Waals surface area contributed by atoms with Gasteiger partial charge in [-0.3, -0.25) is 9.63 Å². The third-order valence-corrected chi connectivity index (χ3v) is 4.01. The van der Waals surface area contributed by atoms with Crippen molar-refractivity contribution in [2.75, 3.05) is 20.8 Å². The van der Waals surface area contributed by atoms with Gasteiger partial charge >= 0.3 is 0 Å². The summed E-state index contributed by atoms with van der Waals surface area (Å²) in [4.78, 5) is 17.0. The van der Waals surface area contributed by atoms with Gasteiger partial charge in [0.1, 0.15) is 6.23 Å². The highest BCUT2D eigenvalue weighted by molar-refractivity contribution is 5.89. The molecule has 1 unspecified atom stereocenters. The van der Waals surface area contributed by atoms with Crippen LogP contribution in [0.4, 0.5) is 0 Å². The Labute approximate surface area is 124 Å². The van der Waals surface area contributed by atoms with Gasteiger partial charge in [-0.1, -0.05) is 18.2 Å². The topological polar surface area (TPSA) is 43.7 Å². The lowest BCUT2D eigenvalue weighted by Gasteiger charge is -2.13. The monoisotopic (exact) mass is 288 g/mol. The van der Waals surface area contributed by atoms with E-state index in [2.05, 4.69) is 16.7 Å². The minimum Gasteiger partial charge on any atom is -0.358 e. The Morgan fingerprint density at radius 1 is 1.48 bits per heavy atom. The van der Waals surface area contributed by atoms with Gasteiger partial charge in [0.2, 0.25) is 5.91 Å². The lowest BCUT2D eigenvalue weighted by atomic mass is 10.1. The molecule has 0 bridgehead atoms. The molecule has 112 valence electrons. The van der Waals surface area contributed by atoms with Crippen molar-refractivity contribution in [2.45, 2.75) is 25.5 Å². The fourth-order valence-corrected chi connectivity index (χ4v) is 2.81. The Hall–Kier alpha value is -1.85. The molecule has 5 heteroatoms. The zero-order valence-corrected chi connectivity index (χ0v) is 12.4. The van der Waals surface area contributed by atoms with E-state index >= 15 is 0 Å². The SMILES string of the molecule is CON(C)C(=O)Cc1cn(C2CCCO2)c2ccccc12. The molecule has 1 aromatic carbocycles. The molecule has 0 spiro atoms. The largest absolute Gasteiger partial charge is 0.358 e. The minimum absolute atomic E-state index is 0.0623. The highest BCUT2D eigenvalue weighted by Crippen LogP contribution is 2.30. The molecular weight excluding hydrogens is 268 g/mol. The molecule has 0 N–H and O–H groups in total. The third kappa shape index (κ3) is 2.66. The molecule has 0 radical (unpaired) electrons. The Balaban J connectivity index is 1.97. The highest BCUT2D eigenvalue weighted by Gasteiger charge is 2.21. The summed E-state index contributed by atoms with van der Waals surface area (Å²) in [5.74, 6) is -0.0623. The summed E-state index contributed by atoms with van der Waals surface area (Å²) in [6.45, 7) is 0.803. The van der Waals surface area contributed by atoms with Crippen LogP contribution >= 0.6 is 0 Å². The van der Waals surface area contributed by atoms with E-state index in [-0.39, 0.29) is 12.1 Å². The summed E-state index contributed by atoms with van der Waals surface area (Å²) in [5.41, 5.74) is 2.13. The van der Waals surface area contributed by atoms with Crippen LogP contribution in [0.1, 0.15) is 24.6 Å². The van der Waals surface area contributed by atoms with Crippen molar-refractivity contribution in [1.82, 2.24) is 9.63 Å². The molecular formula is C16H20N2O3. The summed E-state index contributed by atoms with van der Waals surface area (Å²) < 4.78 is 7.93. The van der Waals surface area contributed by atoms with Crippen molar-refractivity contribution in [3.63, 3.8) is 0 Å². The first kappa shape index (κ1) is 14.1. The second-order valence-corrected chi connectivity index (χ2v) is 5.30. The van der Waals surface area contributed by atoms with Gasteiger partial charge in [0.15, 0.2) is 0 Å². The standard InChI is InChI=1S/C16H20N2O3/c1-17(20-2)15(19)10-12-11-18(16-8-5-9-21-16)14-7-4-3-6-13(12)14/h3-4,6-7,11,16H,5,8-10H2,1-2H3. The molecule has 0 saturated carbocycles. The van der Waals surface area contributed by atoms with Crippen LogP contribution in [0.15, 0.2) is 30.5 Å². The summed E-state index contributed by atoms with van der Waals surface area (Å²) in [6.07, 6.45) is 4.55. The molecule has 2 aromatic rings. The van der Waals surface area contributed by atoms with Crippen LogP contribution in [-0.2, 0) is 20.8 Å². The maximum atomic E-state index is 12.1. The van der Waals surface area contributed by atoms with Gasteiger partial charge in [-0.05, 0) is 24.5 Å². The lowest BCUT2D eigenvalue weighted by Crippen LogP contribution is -2.26. The number of ether oxygens (including phenoxy) is 1. The van der Waals surface area contributed by atoms with Crippen molar-refractivity contribution in [3.8, 4) is 0 Å². The van der Waals surface area contributed by atoms with E-state index in [0.29, 0.717) is 6.42 Å².